The van der Waals surface area contributed by atoms with Gasteiger partial charge in [0.15, 0.2) is 11.5 Å². The second-order valence-electron chi connectivity index (χ2n) is 8.29. The smallest absolute Gasteiger partial charge is 0.331 e. The number of rotatable bonds is 6. The number of para-hydroxylation sites is 1. The summed E-state index contributed by atoms with van der Waals surface area (Å²) in [6.07, 6.45) is 1.24. The number of fused-ring (bicyclic) bond motifs is 3. The highest BCUT2D eigenvalue weighted by Crippen LogP contribution is 2.35. The van der Waals surface area contributed by atoms with Crippen LogP contribution in [0.2, 0.25) is 0 Å². The Morgan fingerprint density at radius 3 is 2.65 bits per heavy atom. The van der Waals surface area contributed by atoms with Crippen molar-refractivity contribution in [2.24, 2.45) is 0 Å². The minimum atomic E-state index is -0.653. The molecule has 0 bridgehead atoms. The molecule has 4 aromatic rings. The normalized spacial score (nSPS) is 15.3. The van der Waals surface area contributed by atoms with E-state index in [9.17, 15) is 14.7 Å². The summed E-state index contributed by atoms with van der Waals surface area (Å²) in [5.41, 5.74) is 2.68. The van der Waals surface area contributed by atoms with Crippen LogP contribution in [0.15, 0.2) is 52.1 Å². The summed E-state index contributed by atoms with van der Waals surface area (Å²) in [7, 11) is 3.12. The fourth-order valence-electron chi connectivity index (χ4n) is 4.75. The number of aromatic hydroxyl groups is 1. The molecule has 1 aliphatic heterocycles. The summed E-state index contributed by atoms with van der Waals surface area (Å²) in [5.74, 6) is 0.852. The van der Waals surface area contributed by atoms with Gasteiger partial charge in [0.2, 0.25) is 5.88 Å². The molecule has 2 aromatic carbocycles. The topological polar surface area (TPSA) is 121 Å². The molecule has 9 heteroatoms. The number of nitrogens with one attached hydrogen (secondary N) is 3. The van der Waals surface area contributed by atoms with Crippen LogP contribution in [0, 0.1) is 0 Å². The number of methoxy groups -OCH3 is 2. The van der Waals surface area contributed by atoms with Gasteiger partial charge in [0.1, 0.15) is 5.56 Å². The van der Waals surface area contributed by atoms with Crippen LogP contribution in [0.4, 0.5) is 0 Å². The van der Waals surface area contributed by atoms with Gasteiger partial charge >= 0.3 is 5.69 Å². The van der Waals surface area contributed by atoms with Gasteiger partial charge in [-0.25, -0.2) is 4.79 Å². The zero-order valence-electron chi connectivity index (χ0n) is 19.0. The number of aromatic amines is 2. The predicted molar refractivity (Wildman–Crippen MR) is 128 cm³/mol. The summed E-state index contributed by atoms with van der Waals surface area (Å²) >= 11 is 0. The average Bonchev–Trinajstić information content (AvgIpc) is 3.23. The maximum absolute atomic E-state index is 12.9. The molecule has 4 N–H and O–H groups in total. The van der Waals surface area contributed by atoms with Crippen molar-refractivity contribution in [3.63, 3.8) is 0 Å². The van der Waals surface area contributed by atoms with E-state index in [0.29, 0.717) is 24.5 Å². The Hall–Kier alpha value is -3.98. The van der Waals surface area contributed by atoms with Gasteiger partial charge in [-0.05, 0) is 42.2 Å². The third-order valence-corrected chi connectivity index (χ3v) is 6.43. The largest absolute Gasteiger partial charge is 0.494 e. The maximum Gasteiger partial charge on any atom is 0.331 e. The van der Waals surface area contributed by atoms with Crippen LogP contribution in [0.1, 0.15) is 28.4 Å². The number of ether oxygens (including phenoxy) is 2. The third kappa shape index (κ3) is 3.63. The first kappa shape index (κ1) is 21.8. The molecule has 9 nitrogen and oxygen atoms in total. The van der Waals surface area contributed by atoms with E-state index >= 15 is 0 Å². The van der Waals surface area contributed by atoms with E-state index in [1.54, 1.807) is 20.3 Å². The standard InChI is InChI=1S/C25H26N4O5/c1-33-18-8-7-14(13-19(18)34-2)10-12-29-24(31)20(23(30)28-25(29)32)22-21-16(9-11-26-22)15-5-3-4-6-17(15)27-21/h3-8,13,22,26-27,31H,9-12H2,1-2H3,(H,28,30,32)/t22-/m1/s1. The Morgan fingerprint density at radius 1 is 1.06 bits per heavy atom. The summed E-state index contributed by atoms with van der Waals surface area (Å²) in [6, 6.07) is 12.9. The number of aryl methyl sites for hydroxylation is 1. The van der Waals surface area contributed by atoms with Gasteiger partial charge in [0.25, 0.3) is 5.56 Å². The van der Waals surface area contributed by atoms with Gasteiger partial charge < -0.3 is 24.9 Å². The van der Waals surface area contributed by atoms with E-state index in [1.807, 2.05) is 36.4 Å². The summed E-state index contributed by atoms with van der Waals surface area (Å²) in [5, 5.41) is 15.5. The maximum atomic E-state index is 12.9. The lowest BCUT2D eigenvalue weighted by Gasteiger charge is -2.25. The fourth-order valence-corrected chi connectivity index (χ4v) is 4.75. The van der Waals surface area contributed by atoms with Crippen LogP contribution in [0.5, 0.6) is 17.4 Å². The van der Waals surface area contributed by atoms with Crippen molar-refractivity contribution in [2.45, 2.75) is 25.4 Å². The Labute approximate surface area is 195 Å². The van der Waals surface area contributed by atoms with Crippen LogP contribution in [-0.2, 0) is 19.4 Å². The molecule has 1 aliphatic rings. The molecule has 0 saturated carbocycles. The highest BCUT2D eigenvalue weighted by atomic mass is 16.5. The number of hydrogen-bond acceptors (Lipinski definition) is 6. The van der Waals surface area contributed by atoms with Gasteiger partial charge in [0, 0.05) is 29.7 Å². The molecule has 1 atom stereocenters. The zero-order chi connectivity index (χ0) is 23.8. The van der Waals surface area contributed by atoms with E-state index in [1.165, 1.54) is 4.57 Å². The van der Waals surface area contributed by atoms with Crippen molar-refractivity contribution in [3.05, 3.63) is 85.7 Å². The lowest BCUT2D eigenvalue weighted by molar-refractivity contribution is 0.354. The lowest BCUT2D eigenvalue weighted by Crippen LogP contribution is -2.39. The number of benzene rings is 2. The third-order valence-electron chi connectivity index (χ3n) is 6.43. The van der Waals surface area contributed by atoms with Gasteiger partial charge in [-0.3, -0.25) is 14.3 Å². The Balaban J connectivity index is 1.52. The minimum absolute atomic E-state index is 0.124. The van der Waals surface area contributed by atoms with Gasteiger partial charge in [-0.1, -0.05) is 24.3 Å². The molecule has 176 valence electrons. The number of H-pyrrole nitrogens is 2. The molecule has 0 saturated heterocycles. The molecule has 0 aliphatic carbocycles. The van der Waals surface area contributed by atoms with E-state index in [4.69, 9.17) is 9.47 Å². The number of hydrogen-bond donors (Lipinski definition) is 4. The molecular weight excluding hydrogens is 436 g/mol. The van der Waals surface area contributed by atoms with Crippen LogP contribution >= 0.6 is 0 Å². The fraction of sp³-hybridized carbons (Fsp3) is 0.280. The van der Waals surface area contributed by atoms with E-state index < -0.39 is 17.3 Å². The second-order valence-corrected chi connectivity index (χ2v) is 8.29. The number of aromatic nitrogens is 3. The van der Waals surface area contributed by atoms with E-state index in [-0.39, 0.29) is 18.0 Å². The first-order chi connectivity index (χ1) is 16.5. The highest BCUT2D eigenvalue weighted by molar-refractivity contribution is 5.85. The van der Waals surface area contributed by atoms with E-state index in [0.717, 1.165) is 34.1 Å². The Kier molecular flexibility index (Phi) is 5.62. The monoisotopic (exact) mass is 462 g/mol. The van der Waals surface area contributed by atoms with Crippen LogP contribution in [0.3, 0.4) is 0 Å². The highest BCUT2D eigenvalue weighted by Gasteiger charge is 2.30. The van der Waals surface area contributed by atoms with Crippen molar-refractivity contribution in [1.29, 1.82) is 0 Å². The van der Waals surface area contributed by atoms with Crippen LogP contribution in [-0.4, -0.2) is 40.4 Å². The van der Waals surface area contributed by atoms with Crippen molar-refractivity contribution < 1.29 is 14.6 Å². The molecule has 0 unspecified atom stereocenters. The van der Waals surface area contributed by atoms with Crippen molar-refractivity contribution >= 4 is 10.9 Å². The zero-order valence-corrected chi connectivity index (χ0v) is 19.0. The second kappa shape index (κ2) is 8.75. The SMILES string of the molecule is COc1ccc(CCn2c(O)c([C@H]3NCCc4c3[nH]c3ccccc43)c(=O)[nH]c2=O)cc1OC. The van der Waals surface area contributed by atoms with E-state index in [2.05, 4.69) is 15.3 Å². The molecule has 5 rings (SSSR count). The molecule has 3 heterocycles. The molecule has 0 fully saturated rings. The quantitative estimate of drug-likeness (QED) is 0.349. The van der Waals surface area contributed by atoms with Crippen molar-refractivity contribution in [2.75, 3.05) is 20.8 Å². The van der Waals surface area contributed by atoms with Gasteiger partial charge in [0.05, 0.1) is 20.3 Å². The molecule has 2 aromatic heterocycles. The van der Waals surface area contributed by atoms with Crippen molar-refractivity contribution in [1.82, 2.24) is 19.9 Å². The van der Waals surface area contributed by atoms with Gasteiger partial charge in [-0.2, -0.15) is 0 Å². The average molecular weight is 463 g/mol. The first-order valence-corrected chi connectivity index (χ1v) is 11.1. The first-order valence-electron chi connectivity index (χ1n) is 11.1. The summed E-state index contributed by atoms with van der Waals surface area (Å²) < 4.78 is 11.8. The molecule has 34 heavy (non-hydrogen) atoms. The lowest BCUT2D eigenvalue weighted by atomic mass is 9.95. The molecule has 0 radical (unpaired) electrons. The summed E-state index contributed by atoms with van der Waals surface area (Å²) in [4.78, 5) is 31.2. The summed E-state index contributed by atoms with van der Waals surface area (Å²) in [6.45, 7) is 0.819. The number of nitrogens with zero attached hydrogens (tertiary/aromatic N) is 1. The van der Waals surface area contributed by atoms with Gasteiger partial charge in [-0.15, -0.1) is 0 Å². The molecular formula is C25H26N4O5. The Morgan fingerprint density at radius 2 is 1.85 bits per heavy atom. The molecule has 0 spiro atoms. The molecule has 0 amide bonds. The van der Waals surface area contributed by atoms with Crippen LogP contribution in [0.25, 0.3) is 10.9 Å². The Bertz CT molecular complexity index is 1480. The van der Waals surface area contributed by atoms with Crippen molar-refractivity contribution in [3.8, 4) is 17.4 Å². The minimum Gasteiger partial charge on any atom is -0.494 e. The predicted octanol–water partition coefficient (Wildman–Crippen LogP) is 2.22. The van der Waals surface area contributed by atoms with Crippen LogP contribution < -0.4 is 26.0 Å².